The van der Waals surface area contributed by atoms with E-state index in [4.69, 9.17) is 137 Å². The molecule has 716 valence electrons. The third kappa shape index (κ3) is 28.8. The molecular weight excluding hydrogens is 1730 g/mol. The summed E-state index contributed by atoms with van der Waals surface area (Å²) in [5.74, 6) is -27.8. The van der Waals surface area contributed by atoms with Gasteiger partial charge in [-0.1, -0.05) is 6.08 Å². The van der Waals surface area contributed by atoms with Crippen molar-refractivity contribution in [1.82, 2.24) is 10.6 Å². The van der Waals surface area contributed by atoms with E-state index in [0.29, 0.717) is 0 Å². The van der Waals surface area contributed by atoms with Crippen molar-refractivity contribution in [3.63, 3.8) is 0 Å². The lowest BCUT2D eigenvalue weighted by atomic mass is 9.86. The monoisotopic (exact) mass is 1840 g/mol. The van der Waals surface area contributed by atoms with Crippen molar-refractivity contribution in [2.75, 3.05) is 39.6 Å². The van der Waals surface area contributed by atoms with Crippen LogP contribution in [0.15, 0.2) is 12.7 Å². The molecule has 7 fully saturated rings. The standard InChI is InChI=1S/C78H106N2O48/c1-21-22-100-72-67(115-46(18)96)65(114-45(17)95)60(53(117-72)27-103-35(7)85)122-74-70-66(127-78(76(99)124-70)24-50(107-38(10)88)56(80-32(4)82)62(126-78)58(110-41(13)91)51(108-39(11)89)25-101-33(5)83)61(54(118-74)28-104-36(8)86)121-71-49(79-31(3)81)23-77(125-48(20)98,55(120-71)29-105-37(9)87)128-75-69(64(113-44(16)94)59(111-42(14)92)52(119-75)26-102-34(6)84)123-73-68(116-47(19)97)63(112-43(15)93)57(30(2)106-73)109-40(12)90/h21,30,49-75H,1,22-29H2,2-20H3,(H,79,81)(H,80,82)/t30?,49?,50?,51-,52?,53?,54?,55?,56-,57+,58-,59+,60-,61+,62-,63+,64+,65+,66+,67?,68?,69?,70?,71+,72-,73+,74+,75+,77+,78+/m1/s1. The second kappa shape index (κ2) is 46.4. The van der Waals surface area contributed by atoms with Gasteiger partial charge in [0, 0.05) is 131 Å². The predicted molar refractivity (Wildman–Crippen MR) is 401 cm³/mol. The molecule has 50 heteroatoms. The van der Waals surface area contributed by atoms with Gasteiger partial charge < -0.3 is 148 Å². The Hall–Kier alpha value is -10.8. The fraction of sp³-hybridized carbons (Fsp3) is 0.731. The molecule has 11 unspecified atom stereocenters. The molecule has 50 nitrogen and oxygen atoms in total. The van der Waals surface area contributed by atoms with Crippen LogP contribution in [0.25, 0.3) is 0 Å². The van der Waals surface area contributed by atoms with E-state index in [-0.39, 0.29) is 6.61 Å². The zero-order valence-electron chi connectivity index (χ0n) is 73.2. The Morgan fingerprint density at radius 1 is 0.406 bits per heavy atom. The smallest absolute Gasteiger partial charge is 0.367 e. The van der Waals surface area contributed by atoms with Crippen LogP contribution in [0.5, 0.6) is 0 Å². The van der Waals surface area contributed by atoms with Crippen molar-refractivity contribution in [1.29, 1.82) is 0 Å². The van der Waals surface area contributed by atoms with E-state index in [0.717, 1.165) is 125 Å². The fourth-order valence-corrected chi connectivity index (χ4v) is 15.0. The van der Waals surface area contributed by atoms with E-state index < -0.39 is 342 Å². The summed E-state index contributed by atoms with van der Waals surface area (Å²) in [6, 6.07) is -3.89. The highest BCUT2D eigenvalue weighted by Crippen LogP contribution is 2.48. The molecule has 0 radical (unpaired) electrons. The van der Waals surface area contributed by atoms with Gasteiger partial charge in [-0.2, -0.15) is 0 Å². The molecule has 1 spiro atoms. The normalized spacial score (nSPS) is 33.4. The minimum absolute atomic E-state index is 0.354. The molecule has 0 aliphatic carbocycles. The summed E-state index contributed by atoms with van der Waals surface area (Å²) in [6.45, 7) is 15.9. The van der Waals surface area contributed by atoms with Crippen LogP contribution in [0.4, 0.5) is 0 Å². The van der Waals surface area contributed by atoms with Crippen LogP contribution in [0, 0.1) is 0 Å². The summed E-state index contributed by atoms with van der Waals surface area (Å²) in [4.78, 5) is 255. The number of hydrogen-bond donors (Lipinski definition) is 2. The van der Waals surface area contributed by atoms with E-state index in [9.17, 15) is 86.3 Å². The van der Waals surface area contributed by atoms with Crippen LogP contribution < -0.4 is 10.6 Å². The zero-order valence-corrected chi connectivity index (χ0v) is 73.2. The third-order valence-electron chi connectivity index (χ3n) is 19.2. The van der Waals surface area contributed by atoms with Gasteiger partial charge in [-0.25, -0.2) is 4.79 Å². The van der Waals surface area contributed by atoms with Crippen LogP contribution in [-0.2, 0) is 228 Å². The third-order valence-corrected chi connectivity index (χ3v) is 19.2. The van der Waals surface area contributed by atoms with Gasteiger partial charge in [0.05, 0.1) is 31.2 Å². The molecule has 0 bridgehead atoms. The summed E-state index contributed by atoms with van der Waals surface area (Å²) in [5.41, 5.74) is 0. The molecule has 0 saturated carbocycles. The van der Waals surface area contributed by atoms with Crippen molar-refractivity contribution in [3.05, 3.63) is 12.7 Å². The second-order valence-electron chi connectivity index (χ2n) is 29.9. The molecule has 7 aliphatic heterocycles. The van der Waals surface area contributed by atoms with E-state index in [1.54, 1.807) is 0 Å². The number of ether oxygens (including phenoxy) is 29. The van der Waals surface area contributed by atoms with Crippen molar-refractivity contribution in [2.24, 2.45) is 0 Å². The number of fused-ring (bicyclic) bond motifs is 1. The van der Waals surface area contributed by atoms with Gasteiger partial charge in [-0.05, 0) is 6.92 Å². The Morgan fingerprint density at radius 2 is 0.844 bits per heavy atom. The average molecular weight is 1840 g/mol. The Balaban J connectivity index is 1.54. The summed E-state index contributed by atoms with van der Waals surface area (Å²) in [7, 11) is 0. The maximum Gasteiger partial charge on any atom is 0.367 e. The summed E-state index contributed by atoms with van der Waals surface area (Å²) in [5, 5.41) is 5.09. The van der Waals surface area contributed by atoms with Gasteiger partial charge in [-0.3, -0.25) is 86.3 Å². The van der Waals surface area contributed by atoms with Crippen LogP contribution >= 0.6 is 0 Å². The molecule has 7 rings (SSSR count). The van der Waals surface area contributed by atoms with Crippen molar-refractivity contribution < 1.29 is 228 Å². The first-order valence-corrected chi connectivity index (χ1v) is 39.8. The maximum atomic E-state index is 16.0. The first-order valence-electron chi connectivity index (χ1n) is 39.8. The zero-order chi connectivity index (χ0) is 95.4. The Labute approximate surface area is 730 Å². The highest BCUT2D eigenvalue weighted by molar-refractivity contribution is 5.80. The lowest BCUT2D eigenvalue weighted by Crippen LogP contribution is -2.75. The van der Waals surface area contributed by atoms with Crippen LogP contribution in [-0.4, -0.2) is 336 Å². The first kappa shape index (κ1) is 104. The van der Waals surface area contributed by atoms with Gasteiger partial charge in [0.25, 0.3) is 5.79 Å². The molecule has 128 heavy (non-hydrogen) atoms. The lowest BCUT2D eigenvalue weighted by molar-refractivity contribution is -0.436. The predicted octanol–water partition coefficient (Wildman–Crippen LogP) is -2.41. The summed E-state index contributed by atoms with van der Waals surface area (Å²) < 4.78 is 176. The Morgan fingerprint density at radius 3 is 1.34 bits per heavy atom. The molecular formula is C78H106N2O48. The van der Waals surface area contributed by atoms with E-state index in [1.165, 1.54) is 13.0 Å². The van der Waals surface area contributed by atoms with Crippen molar-refractivity contribution >= 4 is 113 Å². The number of carbonyl (C=O) groups is 19. The molecule has 30 atom stereocenters. The minimum atomic E-state index is -3.27. The molecule has 7 saturated heterocycles. The molecule has 0 aromatic carbocycles. The molecule has 7 heterocycles. The number of amides is 2. The molecule has 2 N–H and O–H groups in total. The minimum Gasteiger partial charge on any atom is -0.463 e. The topological polar surface area (TPSA) is 616 Å². The molecule has 2 amide bonds. The number of hydrogen-bond acceptors (Lipinski definition) is 48. The van der Waals surface area contributed by atoms with Crippen molar-refractivity contribution in [2.45, 2.75) is 328 Å². The van der Waals surface area contributed by atoms with E-state index in [2.05, 4.69) is 17.2 Å². The first-order chi connectivity index (χ1) is 59.9. The van der Waals surface area contributed by atoms with Crippen molar-refractivity contribution in [3.8, 4) is 0 Å². The molecule has 0 aromatic rings. The van der Waals surface area contributed by atoms with Gasteiger partial charge in [-0.15, -0.1) is 6.58 Å². The quantitative estimate of drug-likeness (QED) is 0.0286. The highest BCUT2D eigenvalue weighted by atomic mass is 16.9. The molecule has 0 aromatic heterocycles. The van der Waals surface area contributed by atoms with Gasteiger partial charge in [0.1, 0.15) is 81.9 Å². The number of esters is 17. The largest absolute Gasteiger partial charge is 0.463 e. The number of nitrogens with one attached hydrogen (secondary N) is 2. The Bertz CT molecular complexity index is 4080. The SMILES string of the molecule is C=CCO[C@@H]1OC(COC(C)=O)[C@@H](O[C@@H]2OC(COC(C)=O)[C@H](O[C@@H]3OC(COC(C)=O)[C@@](OC(C)=O)(O[C@@H]4OC(COC(C)=O)[C@H](OC(C)=O)[C@H](OC(C)=O)C4O[C@@H]4OC(C)[C@H](OC(C)=O)[C@H](OC(C)=O)C4OC(C)=O)CC3NC(C)=O)[C@@H]3O[C@@]4(CC(OC(C)=O)[C@@H](NC(C)=O)[C@H]([C@H](OC(C)=O)[C@@H](COC(C)=O)OC(C)=O)O4)C(=O)OC23)[C@H](OC(C)=O)C1OC(C)=O. The molecule has 7 aliphatic rings. The number of carbonyl (C=O) groups excluding carboxylic acids is 19. The highest BCUT2D eigenvalue weighted by Gasteiger charge is 2.69. The van der Waals surface area contributed by atoms with Crippen LogP contribution in [0.2, 0.25) is 0 Å². The second-order valence-corrected chi connectivity index (χ2v) is 29.9. The fourth-order valence-electron chi connectivity index (χ4n) is 15.0. The summed E-state index contributed by atoms with van der Waals surface area (Å²) >= 11 is 0. The van der Waals surface area contributed by atoms with Gasteiger partial charge in [0.15, 0.2) is 105 Å². The van der Waals surface area contributed by atoms with Crippen LogP contribution in [0.3, 0.4) is 0 Å². The maximum absolute atomic E-state index is 16.0. The lowest BCUT2D eigenvalue weighted by Gasteiger charge is -2.56. The average Bonchev–Trinajstić information content (AvgIpc) is 0.731. The number of rotatable bonds is 36. The van der Waals surface area contributed by atoms with E-state index >= 15 is 4.79 Å². The Kier molecular flexibility index (Phi) is 37.8. The van der Waals surface area contributed by atoms with Gasteiger partial charge in [0.2, 0.25) is 17.6 Å². The van der Waals surface area contributed by atoms with E-state index in [1.807, 2.05) is 0 Å². The van der Waals surface area contributed by atoms with Crippen LogP contribution in [0.1, 0.15) is 144 Å². The summed E-state index contributed by atoms with van der Waals surface area (Å²) in [6.07, 6.45) is -55.0. The van der Waals surface area contributed by atoms with Gasteiger partial charge >= 0.3 is 101 Å².